The predicted molar refractivity (Wildman–Crippen MR) is 430 cm³/mol. The van der Waals surface area contributed by atoms with Crippen LogP contribution in [0.3, 0.4) is 0 Å². The number of nitrogens with one attached hydrogen (secondary N) is 5. The minimum atomic E-state index is -4.59. The lowest BCUT2D eigenvalue weighted by Gasteiger charge is -2.35. The summed E-state index contributed by atoms with van der Waals surface area (Å²) < 4.78 is 39.8. The molecule has 34 heteroatoms. The summed E-state index contributed by atoms with van der Waals surface area (Å²) in [4.78, 5) is 164. The number of carbonyl (C=O) groups is 8. The van der Waals surface area contributed by atoms with Crippen LogP contribution in [-0.2, 0) is 7.05 Å². The second-order valence-corrected chi connectivity index (χ2v) is 30.5. The largest absolute Gasteiger partial charge is 0.408 e. The van der Waals surface area contributed by atoms with E-state index in [1.807, 2.05) is 52.7 Å². The van der Waals surface area contributed by atoms with Gasteiger partial charge in [-0.05, 0) is 161 Å². The SMILES string of the molecule is C#CCCC(=O)c1ccc2c(n1)N(C(=O)Nc1ccccn1)[C@H]1CCN2C1.C[C@@H](NC(=O)c1ccc2c(n1)N(C(=O)Nc1cccn(C)c1=O)[C@H]1CCN2C1)C(F)(F)F.C[C@H](CC(=O)c1ccc2c(n1)N(C(=O)Nc1ccccn1)[C@H]1CCN2C1)C1CC1.O=C(CCC1CC1)c1ccc2c(n1)N(C(=O)Nc1ncccn1)[C@H]1CCN2C1. The quantitative estimate of drug-likeness (QED) is 0.0417. The number of aryl methyl sites for hydroxylation is 1. The zero-order valence-electron chi connectivity index (χ0n) is 64.2. The fraction of sp³-hybridized carbons (Fsp3) is 0.402. The normalized spacial score (nSPS) is 19.1. The molecular weight excluding hydrogens is 1490 g/mol. The molecule has 5 N–H and O–H groups in total. The van der Waals surface area contributed by atoms with E-state index in [1.165, 1.54) is 47.3 Å². The van der Waals surface area contributed by atoms with Crippen molar-refractivity contribution in [2.75, 3.05) is 113 Å². The standard InChI is InChI=1S/C22H25N5O2.C20H21F3N6O3.C20H22N6O2.C20H19N5O2/c1-14(15-5-6-15)12-19(28)17-7-8-18-21(24-17)27(16-9-11-26(18)13-16)22(29)25-20-4-2-3-10-23-20;1-11(20(21,22)23)24-17(30)13-5-6-15-16(25-13)29(12-7-9-28(15)10-12)19(32)26-14-4-3-8-27(2)18(14)31;27-17(7-4-13-2-3-13)15-5-6-16-18(23-15)26(14-8-11-25(16)12-14)20(28)24-19-21-9-1-10-22-19;1-2-3-6-17(26)15-8-9-16-19(22-15)25(14-10-12-24(16)13-14)20(27)23-18-7-4-5-11-21-18/h2-4,7-8,10,14-16H,5-6,9,11-13H2,1H3,(H,23,25,29);3-6,8,11-12H,7,9-10H2,1-2H3,(H,24,30)(H,26,32);1,5-6,9-10,13-14H,2-4,7-8,11-12H2,(H,21,22,24,28);1,4-5,7-9,11,14H,3,6,10,12-13H2,(H,21,23,27)/t14-,16+;11-,12+;2*14-/m1100/s1. The number of ketones is 3. The van der Waals surface area contributed by atoms with Crippen LogP contribution in [-0.4, -0.2) is 181 Å². The monoisotopic (exact) mass is 1580 g/mol. The number of halogens is 3. The minimum Gasteiger partial charge on any atom is -0.366 e. The van der Waals surface area contributed by atoms with Crippen LogP contribution in [0.25, 0.3) is 0 Å². The average Bonchev–Trinajstić information content (AvgIpc) is 1.55. The summed E-state index contributed by atoms with van der Waals surface area (Å²) in [6, 6.07) is 25.8. The first-order valence-electron chi connectivity index (χ1n) is 39.1. The van der Waals surface area contributed by atoms with Crippen LogP contribution >= 0.6 is 0 Å². The molecule has 31 nitrogen and oxygen atoms in total. The van der Waals surface area contributed by atoms with Crippen molar-refractivity contribution in [1.82, 2.24) is 49.8 Å². The maximum Gasteiger partial charge on any atom is 0.408 e. The molecule has 18 rings (SSSR count). The number of hydrogen-bond acceptors (Lipinski definition) is 21. The Balaban J connectivity index is 0.000000122. The number of alkyl halides is 3. The van der Waals surface area contributed by atoms with Crippen molar-refractivity contribution in [2.45, 2.75) is 134 Å². The third-order valence-electron chi connectivity index (χ3n) is 22.5. The Hall–Kier alpha value is -13.0. The Kier molecular flexibility index (Phi) is 22.7. The number of urea groups is 4. The number of Topliss-reactive ketones (excluding diaryl/α,β-unsaturated/α-hetero) is 3. The summed E-state index contributed by atoms with van der Waals surface area (Å²) in [7, 11) is 1.55. The Labute approximate surface area is 665 Å². The molecule has 9 amide bonds. The zero-order chi connectivity index (χ0) is 81.1. The third-order valence-corrected chi connectivity index (χ3v) is 22.5. The molecule has 0 aromatic carbocycles. The molecule has 8 bridgehead atoms. The van der Waals surface area contributed by atoms with Gasteiger partial charge in [0.25, 0.3) is 11.5 Å². The van der Waals surface area contributed by atoms with Gasteiger partial charge in [0.1, 0.15) is 46.1 Å². The Morgan fingerprint density at radius 2 is 0.914 bits per heavy atom. The average molecular weight is 1580 g/mol. The van der Waals surface area contributed by atoms with Crippen molar-refractivity contribution in [3.05, 3.63) is 167 Å². The van der Waals surface area contributed by atoms with E-state index in [2.05, 4.69) is 88.7 Å². The van der Waals surface area contributed by atoms with Gasteiger partial charge in [-0.2, -0.15) is 13.2 Å². The summed E-state index contributed by atoms with van der Waals surface area (Å²) in [5, 5.41) is 12.9. The molecule has 0 unspecified atom stereocenters. The van der Waals surface area contributed by atoms with Crippen molar-refractivity contribution in [2.24, 2.45) is 24.8 Å². The highest BCUT2D eigenvalue weighted by atomic mass is 19.4. The van der Waals surface area contributed by atoms with E-state index >= 15 is 0 Å². The van der Waals surface area contributed by atoms with Crippen LogP contribution in [0.4, 0.5) is 102 Å². The lowest BCUT2D eigenvalue weighted by Crippen LogP contribution is -2.49. The van der Waals surface area contributed by atoms with Gasteiger partial charge < -0.3 is 34.8 Å². The van der Waals surface area contributed by atoms with E-state index in [-0.39, 0.29) is 89.2 Å². The van der Waals surface area contributed by atoms with E-state index in [9.17, 15) is 56.3 Å². The number of pyridine rings is 7. The van der Waals surface area contributed by atoms with Gasteiger partial charge in [-0.25, -0.2) is 59.0 Å². The van der Waals surface area contributed by atoms with Gasteiger partial charge in [0.15, 0.2) is 40.6 Å². The van der Waals surface area contributed by atoms with Crippen molar-refractivity contribution in [1.29, 1.82) is 0 Å². The molecular formula is C82H87F3N22O9. The molecule has 6 fully saturated rings. The van der Waals surface area contributed by atoms with Gasteiger partial charge in [-0.3, -0.25) is 59.5 Å². The Bertz CT molecular complexity index is 5190. The van der Waals surface area contributed by atoms with E-state index in [0.717, 1.165) is 88.9 Å². The van der Waals surface area contributed by atoms with E-state index in [0.29, 0.717) is 108 Å². The highest BCUT2D eigenvalue weighted by Gasteiger charge is 2.46. The summed E-state index contributed by atoms with van der Waals surface area (Å²) in [6.45, 7) is 9.13. The first kappa shape index (κ1) is 78.3. The molecule has 116 heavy (non-hydrogen) atoms. The first-order valence-corrected chi connectivity index (χ1v) is 39.1. The van der Waals surface area contributed by atoms with E-state index in [4.69, 9.17) is 6.42 Å². The highest BCUT2D eigenvalue weighted by molar-refractivity contribution is 6.09. The van der Waals surface area contributed by atoms with E-state index in [1.54, 1.807) is 101 Å². The number of nitrogens with zero attached hydrogens (tertiary/aromatic N) is 17. The first-order chi connectivity index (χ1) is 56.0. The van der Waals surface area contributed by atoms with Crippen LogP contribution in [0.5, 0.6) is 0 Å². The molecule has 16 heterocycles. The molecule has 0 spiro atoms. The molecule has 8 aromatic rings. The van der Waals surface area contributed by atoms with Crippen molar-refractivity contribution >= 4 is 117 Å². The summed E-state index contributed by atoms with van der Waals surface area (Å²) in [6.07, 6.45) is 19.4. The molecule has 0 radical (unpaired) electrons. The zero-order valence-corrected chi connectivity index (χ0v) is 64.2. The fourth-order valence-corrected chi connectivity index (χ4v) is 15.8. The number of rotatable bonds is 17. The van der Waals surface area contributed by atoms with Gasteiger partial charge in [-0.15, -0.1) is 12.3 Å². The van der Waals surface area contributed by atoms with Crippen molar-refractivity contribution < 1.29 is 51.5 Å². The van der Waals surface area contributed by atoms with Gasteiger partial charge in [0.2, 0.25) is 5.95 Å². The number of anilines is 12. The van der Waals surface area contributed by atoms with Gasteiger partial charge in [0, 0.05) is 116 Å². The summed E-state index contributed by atoms with van der Waals surface area (Å²) in [5.41, 5.74) is 3.95. The maximum atomic E-state index is 13.1. The van der Waals surface area contributed by atoms with Gasteiger partial charge in [-0.1, -0.05) is 31.9 Å². The van der Waals surface area contributed by atoms with Crippen LogP contribution in [0, 0.1) is 30.1 Å². The molecule has 8 aliphatic heterocycles. The van der Waals surface area contributed by atoms with Crippen LogP contribution in [0.2, 0.25) is 0 Å². The second kappa shape index (κ2) is 33.6. The summed E-state index contributed by atoms with van der Waals surface area (Å²) >= 11 is 0. The molecule has 600 valence electrons. The number of hydrogen-bond donors (Lipinski definition) is 5. The Morgan fingerprint density at radius 3 is 1.34 bits per heavy atom. The number of terminal acetylenes is 1. The molecule has 10 aliphatic rings. The molecule has 2 saturated carbocycles. The number of carbonyl (C=O) groups excluding carboxylic acids is 8. The lowest BCUT2D eigenvalue weighted by atomic mass is 9.98. The highest BCUT2D eigenvalue weighted by Crippen LogP contribution is 2.45. The number of aromatic nitrogens is 9. The topological polar surface area (TPSA) is 348 Å². The lowest BCUT2D eigenvalue weighted by molar-refractivity contribution is -0.149. The van der Waals surface area contributed by atoms with Crippen LogP contribution < -0.4 is 71.3 Å². The molecule has 2 aliphatic carbocycles. The van der Waals surface area contributed by atoms with Gasteiger partial charge >= 0.3 is 30.3 Å². The summed E-state index contributed by atoms with van der Waals surface area (Å²) in [5.74, 6) is 6.30. The van der Waals surface area contributed by atoms with Crippen LogP contribution in [0.15, 0.2) is 139 Å². The smallest absolute Gasteiger partial charge is 0.366 e. The predicted octanol–water partition coefficient (Wildman–Crippen LogP) is 11.4. The molecule has 4 saturated heterocycles. The van der Waals surface area contributed by atoms with Crippen LogP contribution in [0.1, 0.15) is 139 Å². The number of amides is 9. The Morgan fingerprint density at radius 1 is 0.491 bits per heavy atom. The second-order valence-electron chi connectivity index (χ2n) is 30.5. The molecule has 8 aromatic heterocycles. The maximum absolute atomic E-state index is 13.1. The van der Waals surface area contributed by atoms with E-state index < -0.39 is 29.7 Å². The van der Waals surface area contributed by atoms with Crippen molar-refractivity contribution in [3.8, 4) is 12.3 Å². The fourth-order valence-electron chi connectivity index (χ4n) is 15.8. The van der Waals surface area contributed by atoms with Crippen molar-refractivity contribution in [3.63, 3.8) is 0 Å². The number of fused-ring (bicyclic) bond motifs is 16. The minimum absolute atomic E-state index is 0.0183. The molecule has 6 atom stereocenters. The third kappa shape index (κ3) is 17.3. The van der Waals surface area contributed by atoms with Gasteiger partial charge in [0.05, 0.1) is 46.9 Å².